The molecule has 0 aliphatic rings. The monoisotopic (exact) mass is 288 g/mol. The van der Waals surface area contributed by atoms with Crippen LogP contribution < -0.4 is 5.73 Å². The van der Waals surface area contributed by atoms with Gasteiger partial charge in [-0.25, -0.2) is 0 Å². The maximum absolute atomic E-state index is 12.9. The number of benzene rings is 1. The number of hydrogen-bond acceptors (Lipinski definition) is 2. The Labute approximate surface area is 116 Å². The Morgan fingerprint density at radius 2 is 1.80 bits per heavy atom. The Hall–Kier alpha value is -1.56. The van der Waals surface area contributed by atoms with Crippen LogP contribution in [0.4, 0.5) is 13.2 Å². The van der Waals surface area contributed by atoms with Gasteiger partial charge in [-0.3, -0.25) is 4.79 Å². The van der Waals surface area contributed by atoms with Crippen molar-refractivity contribution in [1.82, 2.24) is 4.90 Å². The smallest absolute Gasteiger partial charge is 0.336 e. The summed E-state index contributed by atoms with van der Waals surface area (Å²) in [6.45, 7) is 2.86. The number of halogens is 3. The molecular formula is C14H19F3N2O. The molecule has 0 fully saturated rings. The lowest BCUT2D eigenvalue weighted by molar-refractivity contribution is -0.194. The molecule has 1 atom stereocenters. The van der Waals surface area contributed by atoms with E-state index in [0.717, 1.165) is 10.5 Å². The molecular weight excluding hydrogens is 269 g/mol. The molecule has 6 heteroatoms. The molecule has 3 nitrogen and oxygen atoms in total. The number of carbonyl (C=O) groups is 1. The predicted molar refractivity (Wildman–Crippen MR) is 70.8 cm³/mol. The minimum absolute atomic E-state index is 0.121. The molecule has 112 valence electrons. The lowest BCUT2D eigenvalue weighted by Gasteiger charge is -2.33. The summed E-state index contributed by atoms with van der Waals surface area (Å²) in [4.78, 5) is 13.2. The summed E-state index contributed by atoms with van der Waals surface area (Å²) in [5, 5.41) is 0. The van der Waals surface area contributed by atoms with Gasteiger partial charge in [0.1, 0.15) is 0 Å². The van der Waals surface area contributed by atoms with Gasteiger partial charge in [-0.1, -0.05) is 37.3 Å². The molecule has 1 unspecified atom stereocenters. The molecule has 0 bridgehead atoms. The lowest BCUT2D eigenvalue weighted by atomic mass is 10.0. The van der Waals surface area contributed by atoms with Crippen LogP contribution in [0.1, 0.15) is 25.8 Å². The molecule has 0 aliphatic carbocycles. The van der Waals surface area contributed by atoms with Gasteiger partial charge in [0.15, 0.2) is 5.54 Å². The molecule has 0 saturated heterocycles. The van der Waals surface area contributed by atoms with Crippen molar-refractivity contribution in [2.24, 2.45) is 5.73 Å². The van der Waals surface area contributed by atoms with Crippen LogP contribution in [0.5, 0.6) is 0 Å². The van der Waals surface area contributed by atoms with Gasteiger partial charge in [0.25, 0.3) is 5.91 Å². The normalized spacial score (nSPS) is 14.7. The Morgan fingerprint density at radius 3 is 2.25 bits per heavy atom. The highest BCUT2D eigenvalue weighted by Gasteiger charge is 2.55. The van der Waals surface area contributed by atoms with Gasteiger partial charge < -0.3 is 10.6 Å². The van der Waals surface area contributed by atoms with Crippen LogP contribution in [-0.4, -0.2) is 29.1 Å². The first-order valence-corrected chi connectivity index (χ1v) is 6.39. The topological polar surface area (TPSA) is 46.3 Å². The fraction of sp³-hybridized carbons (Fsp3) is 0.500. The quantitative estimate of drug-likeness (QED) is 0.905. The van der Waals surface area contributed by atoms with Gasteiger partial charge in [0, 0.05) is 13.1 Å². The summed E-state index contributed by atoms with van der Waals surface area (Å²) < 4.78 is 38.6. The van der Waals surface area contributed by atoms with Crippen LogP contribution in [0.15, 0.2) is 30.3 Å². The van der Waals surface area contributed by atoms with Crippen molar-refractivity contribution in [3.05, 3.63) is 35.9 Å². The Kier molecular flexibility index (Phi) is 5.16. The summed E-state index contributed by atoms with van der Waals surface area (Å²) in [6.07, 6.45) is -4.21. The van der Waals surface area contributed by atoms with E-state index in [-0.39, 0.29) is 13.1 Å². The van der Waals surface area contributed by atoms with Crippen LogP contribution in [0.3, 0.4) is 0 Å². The molecule has 20 heavy (non-hydrogen) atoms. The number of nitrogens with zero attached hydrogens (tertiary/aromatic N) is 1. The molecule has 0 aliphatic heterocycles. The second kappa shape index (κ2) is 6.26. The number of carbonyl (C=O) groups excluding carboxylic acids is 1. The number of nitrogens with two attached hydrogens (primary N) is 1. The maximum Gasteiger partial charge on any atom is 0.415 e. The lowest BCUT2D eigenvalue weighted by Crippen LogP contribution is -2.62. The van der Waals surface area contributed by atoms with Crippen LogP contribution >= 0.6 is 0 Å². The van der Waals surface area contributed by atoms with Gasteiger partial charge in [-0.15, -0.1) is 0 Å². The van der Waals surface area contributed by atoms with Crippen molar-refractivity contribution < 1.29 is 18.0 Å². The van der Waals surface area contributed by atoms with Crippen molar-refractivity contribution in [2.75, 3.05) is 6.54 Å². The second-order valence-electron chi connectivity index (χ2n) is 4.91. The van der Waals surface area contributed by atoms with Crippen LogP contribution in [0.2, 0.25) is 0 Å². The van der Waals surface area contributed by atoms with E-state index in [9.17, 15) is 18.0 Å². The predicted octanol–water partition coefficient (Wildman–Crippen LogP) is 2.70. The molecule has 1 aromatic rings. The molecule has 0 radical (unpaired) electrons. The number of rotatable bonds is 5. The SMILES string of the molecule is CCCN(Cc1ccccc1)C(=O)C(C)(N)C(F)(F)F. The van der Waals surface area contributed by atoms with Crippen molar-refractivity contribution in [1.29, 1.82) is 0 Å². The van der Waals surface area contributed by atoms with Crippen molar-refractivity contribution >= 4 is 5.91 Å². The van der Waals surface area contributed by atoms with E-state index in [4.69, 9.17) is 5.73 Å². The van der Waals surface area contributed by atoms with Gasteiger partial charge in [0.05, 0.1) is 0 Å². The minimum Gasteiger partial charge on any atom is -0.336 e. The summed E-state index contributed by atoms with van der Waals surface area (Å²) >= 11 is 0. The zero-order valence-electron chi connectivity index (χ0n) is 11.6. The van der Waals surface area contributed by atoms with Crippen LogP contribution in [0, 0.1) is 0 Å². The maximum atomic E-state index is 12.9. The Bertz CT molecular complexity index is 443. The zero-order valence-corrected chi connectivity index (χ0v) is 11.6. The average Bonchev–Trinajstić information content (AvgIpc) is 2.37. The van der Waals surface area contributed by atoms with E-state index < -0.39 is 17.6 Å². The Morgan fingerprint density at radius 1 is 1.25 bits per heavy atom. The standard InChI is InChI=1S/C14H19F3N2O/c1-3-9-19(10-11-7-5-4-6-8-11)12(20)13(2,18)14(15,16)17/h4-8H,3,9-10,18H2,1-2H3. The van der Waals surface area contributed by atoms with E-state index in [2.05, 4.69) is 0 Å². The fourth-order valence-electron chi connectivity index (χ4n) is 1.78. The van der Waals surface area contributed by atoms with E-state index in [1.165, 1.54) is 0 Å². The first-order chi connectivity index (χ1) is 9.20. The molecule has 0 saturated carbocycles. The molecule has 2 N–H and O–H groups in total. The van der Waals surface area contributed by atoms with Gasteiger partial charge in [-0.2, -0.15) is 13.2 Å². The van der Waals surface area contributed by atoms with Crippen LogP contribution in [0.25, 0.3) is 0 Å². The summed E-state index contributed by atoms with van der Waals surface area (Å²) in [7, 11) is 0. The fourth-order valence-corrected chi connectivity index (χ4v) is 1.78. The third kappa shape index (κ3) is 3.72. The first-order valence-electron chi connectivity index (χ1n) is 6.39. The summed E-state index contributed by atoms with van der Waals surface area (Å²) in [5.74, 6) is -1.10. The summed E-state index contributed by atoms with van der Waals surface area (Å²) in [5.41, 5.74) is 3.11. The van der Waals surface area contributed by atoms with E-state index in [1.54, 1.807) is 37.3 Å². The van der Waals surface area contributed by atoms with Crippen LogP contribution in [-0.2, 0) is 11.3 Å². The summed E-state index contributed by atoms with van der Waals surface area (Å²) in [6, 6.07) is 8.87. The van der Waals surface area contributed by atoms with Crippen molar-refractivity contribution in [3.63, 3.8) is 0 Å². The zero-order chi connectivity index (χ0) is 15.4. The average molecular weight is 288 g/mol. The third-order valence-corrected chi connectivity index (χ3v) is 3.03. The minimum atomic E-state index is -4.77. The third-order valence-electron chi connectivity index (χ3n) is 3.03. The highest BCUT2D eigenvalue weighted by Crippen LogP contribution is 2.30. The highest BCUT2D eigenvalue weighted by atomic mass is 19.4. The highest BCUT2D eigenvalue weighted by molar-refractivity contribution is 5.86. The van der Waals surface area contributed by atoms with Gasteiger partial charge >= 0.3 is 6.18 Å². The molecule has 0 aromatic heterocycles. The van der Waals surface area contributed by atoms with Crippen molar-refractivity contribution in [3.8, 4) is 0 Å². The molecule has 1 aromatic carbocycles. The molecule has 0 spiro atoms. The van der Waals surface area contributed by atoms with Gasteiger partial charge in [-0.05, 0) is 18.9 Å². The number of amides is 1. The molecule has 1 rings (SSSR count). The molecule has 0 heterocycles. The van der Waals surface area contributed by atoms with E-state index >= 15 is 0 Å². The molecule has 1 amide bonds. The second-order valence-corrected chi connectivity index (χ2v) is 4.91. The van der Waals surface area contributed by atoms with Crippen molar-refractivity contribution in [2.45, 2.75) is 38.5 Å². The first kappa shape index (κ1) is 16.5. The Balaban J connectivity index is 2.94. The van der Waals surface area contributed by atoms with E-state index in [0.29, 0.717) is 13.3 Å². The number of alkyl halides is 3. The number of hydrogen-bond donors (Lipinski definition) is 1. The largest absolute Gasteiger partial charge is 0.415 e. The van der Waals surface area contributed by atoms with Gasteiger partial charge in [0.2, 0.25) is 0 Å². The van der Waals surface area contributed by atoms with E-state index in [1.807, 2.05) is 0 Å².